The van der Waals surface area contributed by atoms with Gasteiger partial charge in [-0.1, -0.05) is 57.9 Å². The molecule has 4 aromatic rings. The maximum absolute atomic E-state index is 14.9. The summed E-state index contributed by atoms with van der Waals surface area (Å²) in [6.07, 6.45) is 18.1. The molecule has 4 rings (SSSR count). The molecule has 220 valence electrons. The number of aryl methyl sites for hydroxylation is 1. The Morgan fingerprint density at radius 3 is 2.05 bits per heavy atom. The molecule has 0 aliphatic carbocycles. The van der Waals surface area contributed by atoms with Crippen molar-refractivity contribution in [2.45, 2.75) is 103 Å². The predicted octanol–water partition coefficient (Wildman–Crippen LogP) is 13.2. The van der Waals surface area contributed by atoms with Crippen molar-refractivity contribution in [3.8, 4) is 35.7 Å². The van der Waals surface area contributed by atoms with Crippen molar-refractivity contribution in [3.05, 3.63) is 77.9 Å². The van der Waals surface area contributed by atoms with Gasteiger partial charge < -0.3 is 4.74 Å². The molecule has 1 nitrogen and oxygen atoms in total. The molecule has 0 saturated carbocycles. The molecular formula is C36H45FOS3. The van der Waals surface area contributed by atoms with E-state index in [1.54, 1.807) is 23.5 Å². The summed E-state index contributed by atoms with van der Waals surface area (Å²) in [4.78, 5) is 7.73. The molecule has 1 atom stereocenters. The van der Waals surface area contributed by atoms with Gasteiger partial charge in [0.15, 0.2) is 11.6 Å². The summed E-state index contributed by atoms with van der Waals surface area (Å²) in [5, 5.41) is 0. The summed E-state index contributed by atoms with van der Waals surface area (Å²) in [6.45, 7) is 8.05. The highest BCUT2D eigenvalue weighted by Gasteiger charge is 2.14. The highest BCUT2D eigenvalue weighted by Crippen LogP contribution is 2.42. The summed E-state index contributed by atoms with van der Waals surface area (Å²) in [6, 6.07) is 18.7. The third-order valence-electron chi connectivity index (χ3n) is 7.45. The van der Waals surface area contributed by atoms with Gasteiger partial charge >= 0.3 is 0 Å². The van der Waals surface area contributed by atoms with Gasteiger partial charge in [0, 0.05) is 29.3 Å². The van der Waals surface area contributed by atoms with Crippen molar-refractivity contribution < 1.29 is 9.13 Å². The molecule has 0 aliphatic rings. The molecule has 0 unspecified atom stereocenters. The number of thiophene rings is 3. The van der Waals surface area contributed by atoms with Crippen LogP contribution in [0.25, 0.3) is 29.9 Å². The Morgan fingerprint density at radius 2 is 1.34 bits per heavy atom. The zero-order chi connectivity index (χ0) is 28.9. The van der Waals surface area contributed by atoms with E-state index in [9.17, 15) is 4.39 Å². The number of benzene rings is 1. The summed E-state index contributed by atoms with van der Waals surface area (Å²) in [7, 11) is 0. The second-order valence-electron chi connectivity index (χ2n) is 11.0. The van der Waals surface area contributed by atoms with E-state index < -0.39 is 0 Å². The maximum Gasteiger partial charge on any atom is 0.165 e. The summed E-state index contributed by atoms with van der Waals surface area (Å²) >= 11 is 5.50. The van der Waals surface area contributed by atoms with E-state index in [2.05, 4.69) is 49.9 Å². The van der Waals surface area contributed by atoms with Gasteiger partial charge in [-0.05, 0) is 106 Å². The van der Waals surface area contributed by atoms with Gasteiger partial charge in [0.25, 0.3) is 0 Å². The van der Waals surface area contributed by atoms with E-state index in [-0.39, 0.29) is 11.9 Å². The summed E-state index contributed by atoms with van der Waals surface area (Å²) < 4.78 is 20.8. The van der Waals surface area contributed by atoms with Crippen LogP contribution in [0.1, 0.15) is 95.8 Å². The fraction of sp³-hybridized carbons (Fsp3) is 0.444. The lowest BCUT2D eigenvalue weighted by molar-refractivity contribution is 0.197. The minimum Gasteiger partial charge on any atom is -0.488 e. The second-order valence-corrected chi connectivity index (χ2v) is 14.3. The minimum atomic E-state index is -0.284. The van der Waals surface area contributed by atoms with E-state index in [4.69, 9.17) is 4.74 Å². The van der Waals surface area contributed by atoms with Crippen molar-refractivity contribution >= 4 is 34.0 Å². The van der Waals surface area contributed by atoms with Crippen molar-refractivity contribution in [2.24, 2.45) is 0 Å². The highest BCUT2D eigenvalue weighted by molar-refractivity contribution is 7.27. The monoisotopic (exact) mass is 608 g/mol. The molecule has 0 spiro atoms. The van der Waals surface area contributed by atoms with Crippen molar-refractivity contribution in [3.63, 3.8) is 0 Å². The number of rotatable bonds is 19. The Kier molecular flexibility index (Phi) is 13.2. The third-order valence-corrected chi connectivity index (χ3v) is 11.2. The fourth-order valence-electron chi connectivity index (χ4n) is 5.05. The van der Waals surface area contributed by atoms with Gasteiger partial charge in [-0.3, -0.25) is 0 Å². The molecule has 0 N–H and O–H groups in total. The summed E-state index contributed by atoms with van der Waals surface area (Å²) in [5.74, 6) is 0.0688. The molecule has 0 radical (unpaired) electrons. The molecule has 0 saturated heterocycles. The largest absolute Gasteiger partial charge is 0.488 e. The lowest BCUT2D eigenvalue weighted by atomic mass is 10.1. The quantitative estimate of drug-likeness (QED) is 0.0760. The van der Waals surface area contributed by atoms with Gasteiger partial charge in [-0.2, -0.15) is 0 Å². The van der Waals surface area contributed by atoms with E-state index in [1.165, 1.54) is 88.6 Å². The smallest absolute Gasteiger partial charge is 0.165 e. The Morgan fingerprint density at radius 1 is 0.732 bits per heavy atom. The molecule has 1 aromatic carbocycles. The molecule has 0 aliphatic heterocycles. The number of hydrogen-bond donors (Lipinski definition) is 0. The average Bonchev–Trinajstić information content (AvgIpc) is 3.74. The van der Waals surface area contributed by atoms with Crippen LogP contribution in [0.15, 0.2) is 67.3 Å². The van der Waals surface area contributed by atoms with Crippen LogP contribution in [-0.4, -0.2) is 6.10 Å². The van der Waals surface area contributed by atoms with Crippen LogP contribution >= 0.6 is 34.0 Å². The highest BCUT2D eigenvalue weighted by atomic mass is 32.1. The number of unbranched alkanes of at least 4 members (excludes halogenated alkanes) is 9. The summed E-state index contributed by atoms with van der Waals surface area (Å²) in [5.41, 5.74) is 0.901. The lowest BCUT2D eigenvalue weighted by Crippen LogP contribution is -2.12. The molecule has 5 heteroatoms. The molecule has 0 fully saturated rings. The number of allylic oxidation sites excluding steroid dienone is 1. The second kappa shape index (κ2) is 17.0. The predicted molar refractivity (Wildman–Crippen MR) is 181 cm³/mol. The molecule has 0 amide bonds. The number of halogens is 1. The van der Waals surface area contributed by atoms with E-state index >= 15 is 0 Å². The van der Waals surface area contributed by atoms with E-state index in [0.717, 1.165) is 29.7 Å². The Bertz CT molecular complexity index is 1330. The standard InChI is InChI=1S/C36H45FOS3/c1-4-6-8-10-11-12-13-15-17-29-19-21-33(39-29)34-24-25-36(41-34)35-23-22-32(40-35)28-18-20-31(30(37)26-28)38-27(3)16-14-9-7-5-2/h4,18-27H,1,5-17H2,2-3H3/t27-/m0/s1. The normalized spacial score (nSPS) is 12.1. The molecule has 3 aromatic heterocycles. The van der Waals surface area contributed by atoms with E-state index in [1.807, 2.05) is 41.7 Å². The molecular weight excluding hydrogens is 564 g/mol. The number of hydrogen-bond acceptors (Lipinski definition) is 4. The van der Waals surface area contributed by atoms with Crippen LogP contribution in [0, 0.1) is 5.82 Å². The van der Waals surface area contributed by atoms with Crippen LogP contribution in [0.5, 0.6) is 5.75 Å². The minimum absolute atomic E-state index is 0.0236. The zero-order valence-corrected chi connectivity index (χ0v) is 27.2. The van der Waals surface area contributed by atoms with Gasteiger partial charge in [0.05, 0.1) is 6.10 Å². The fourth-order valence-corrected chi connectivity index (χ4v) is 8.29. The van der Waals surface area contributed by atoms with Gasteiger partial charge in [-0.25, -0.2) is 4.39 Å². The average molecular weight is 609 g/mol. The molecule has 0 bridgehead atoms. The first-order chi connectivity index (χ1) is 20.1. The van der Waals surface area contributed by atoms with Crippen molar-refractivity contribution in [2.75, 3.05) is 0 Å². The lowest BCUT2D eigenvalue weighted by Gasteiger charge is -2.15. The number of ether oxygens (including phenoxy) is 1. The van der Waals surface area contributed by atoms with Crippen LogP contribution in [0.4, 0.5) is 4.39 Å². The van der Waals surface area contributed by atoms with E-state index in [0.29, 0.717) is 5.75 Å². The maximum atomic E-state index is 14.9. The van der Waals surface area contributed by atoms with Crippen LogP contribution in [-0.2, 0) is 6.42 Å². The topological polar surface area (TPSA) is 9.23 Å². The SMILES string of the molecule is C=CCCCCCCCCc1ccc(-c2ccc(-c3ccc(-c4ccc(O[C@@H](C)CCCCCC)c(F)c4)s3)s2)s1. The third kappa shape index (κ3) is 9.94. The van der Waals surface area contributed by atoms with Crippen LogP contribution < -0.4 is 4.74 Å². The molecule has 3 heterocycles. The van der Waals surface area contributed by atoms with Crippen LogP contribution in [0.3, 0.4) is 0 Å². The zero-order valence-electron chi connectivity index (χ0n) is 24.8. The first-order valence-electron chi connectivity index (χ1n) is 15.4. The van der Waals surface area contributed by atoms with Gasteiger partial charge in [-0.15, -0.1) is 40.6 Å². The van der Waals surface area contributed by atoms with Gasteiger partial charge in [0.2, 0.25) is 0 Å². The van der Waals surface area contributed by atoms with Crippen LogP contribution in [0.2, 0.25) is 0 Å². The Balaban J connectivity index is 1.29. The van der Waals surface area contributed by atoms with Crippen molar-refractivity contribution in [1.82, 2.24) is 0 Å². The Labute approximate surface area is 259 Å². The Hall–Kier alpha value is -2.21. The first-order valence-corrected chi connectivity index (χ1v) is 17.9. The first kappa shape index (κ1) is 31.7. The van der Waals surface area contributed by atoms with Gasteiger partial charge in [0.1, 0.15) is 0 Å². The molecule has 41 heavy (non-hydrogen) atoms. The van der Waals surface area contributed by atoms with Crippen molar-refractivity contribution in [1.29, 1.82) is 0 Å².